The highest BCUT2D eigenvalue weighted by molar-refractivity contribution is 5.82. The van der Waals surface area contributed by atoms with Crippen LogP contribution < -0.4 is 5.69 Å². The van der Waals surface area contributed by atoms with Crippen LogP contribution in [0.5, 0.6) is 0 Å². The van der Waals surface area contributed by atoms with Crippen LogP contribution in [0.4, 0.5) is 0 Å². The predicted octanol–water partition coefficient (Wildman–Crippen LogP) is 4.02. The van der Waals surface area contributed by atoms with Gasteiger partial charge in [0.25, 0.3) is 0 Å². The first-order chi connectivity index (χ1) is 15.5. The largest absolute Gasteiger partial charge is 0.328 e. The summed E-state index contributed by atoms with van der Waals surface area (Å²) in [6.07, 6.45) is 3.24. The third-order valence-electron chi connectivity index (χ3n) is 5.14. The van der Waals surface area contributed by atoms with Crippen molar-refractivity contribution >= 4 is 22.2 Å². The normalized spacial score (nSPS) is 10.7. The van der Waals surface area contributed by atoms with Gasteiger partial charge in [-0.25, -0.2) is 14.8 Å². The molecule has 3 aromatic heterocycles. The highest BCUT2D eigenvalue weighted by Gasteiger charge is 2.15. The van der Waals surface area contributed by atoms with E-state index in [1.165, 1.54) is 0 Å². The monoisotopic (exact) mass is 425 g/mol. The van der Waals surface area contributed by atoms with Crippen LogP contribution >= 0.6 is 0 Å². The Balaban J connectivity index is 0.00000119. The van der Waals surface area contributed by atoms with Crippen LogP contribution in [0, 0.1) is 25.2 Å². The molecular formula is C24H23N7O. The van der Waals surface area contributed by atoms with E-state index in [4.69, 9.17) is 0 Å². The van der Waals surface area contributed by atoms with Gasteiger partial charge in [-0.2, -0.15) is 10.2 Å². The van der Waals surface area contributed by atoms with Crippen molar-refractivity contribution in [2.24, 2.45) is 0 Å². The van der Waals surface area contributed by atoms with E-state index < -0.39 is 0 Å². The summed E-state index contributed by atoms with van der Waals surface area (Å²) in [5.41, 5.74) is 6.02. The van der Waals surface area contributed by atoms with Gasteiger partial charge in [0.1, 0.15) is 11.8 Å². The lowest BCUT2D eigenvalue weighted by Gasteiger charge is -2.07. The van der Waals surface area contributed by atoms with Gasteiger partial charge in [0, 0.05) is 0 Å². The van der Waals surface area contributed by atoms with Crippen molar-refractivity contribution in [3.8, 4) is 12.0 Å². The molecule has 0 fully saturated rings. The first-order valence-electron chi connectivity index (χ1n) is 10.4. The fraction of sp³-hybridized carbons (Fsp3) is 0.208. The van der Waals surface area contributed by atoms with Crippen molar-refractivity contribution in [2.45, 2.75) is 34.2 Å². The highest BCUT2D eigenvalue weighted by Crippen LogP contribution is 2.22. The molecule has 0 spiro atoms. The van der Waals surface area contributed by atoms with E-state index in [-0.39, 0.29) is 5.69 Å². The summed E-state index contributed by atoms with van der Waals surface area (Å²) in [4.78, 5) is 28.8. The second-order valence-corrected chi connectivity index (χ2v) is 7.30. The molecule has 5 aromatic rings. The number of nitrogens with one attached hydrogen (secondary N) is 1. The highest BCUT2D eigenvalue weighted by atomic mass is 16.1. The summed E-state index contributed by atoms with van der Waals surface area (Å²) < 4.78 is 3.38. The third-order valence-corrected chi connectivity index (χ3v) is 5.14. The number of hydrogen-bond acceptors (Lipinski definition) is 5. The van der Waals surface area contributed by atoms with Crippen molar-refractivity contribution in [3.63, 3.8) is 0 Å². The van der Waals surface area contributed by atoms with Gasteiger partial charge in [0.05, 0.1) is 35.4 Å². The number of imidazole rings is 2. The zero-order valence-electron chi connectivity index (χ0n) is 18.4. The lowest BCUT2D eigenvalue weighted by atomic mass is 10.1. The Hall–Kier alpha value is -4.25. The summed E-state index contributed by atoms with van der Waals surface area (Å²) in [6.45, 7) is 8.35. The quantitative estimate of drug-likeness (QED) is 0.470. The Morgan fingerprint density at radius 2 is 1.84 bits per heavy atom. The van der Waals surface area contributed by atoms with Crippen LogP contribution in [0.25, 0.3) is 28.1 Å². The Labute approximate surface area is 184 Å². The second-order valence-electron chi connectivity index (χ2n) is 7.30. The molecule has 0 atom stereocenters. The second kappa shape index (κ2) is 8.47. The fourth-order valence-corrected chi connectivity index (χ4v) is 3.64. The van der Waals surface area contributed by atoms with Crippen molar-refractivity contribution in [1.29, 1.82) is 5.26 Å². The maximum absolute atomic E-state index is 12.5. The molecule has 0 aliphatic rings. The summed E-state index contributed by atoms with van der Waals surface area (Å²) >= 11 is 0. The van der Waals surface area contributed by atoms with Gasteiger partial charge < -0.3 is 4.98 Å². The Bertz CT molecular complexity index is 1510. The van der Waals surface area contributed by atoms with Crippen LogP contribution in [-0.4, -0.2) is 29.1 Å². The number of nitrogens with zero attached hydrogens (tertiary/aromatic N) is 6. The first-order valence-corrected chi connectivity index (χ1v) is 10.4. The average molecular weight is 425 g/mol. The number of fused-ring (bicyclic) bond motifs is 2. The minimum atomic E-state index is -0.234. The van der Waals surface area contributed by atoms with E-state index in [9.17, 15) is 10.1 Å². The van der Waals surface area contributed by atoms with Gasteiger partial charge in [0.2, 0.25) is 5.95 Å². The molecule has 5 rings (SSSR count). The van der Waals surface area contributed by atoms with Crippen molar-refractivity contribution in [1.82, 2.24) is 29.1 Å². The van der Waals surface area contributed by atoms with Gasteiger partial charge in [-0.15, -0.1) is 0 Å². The number of aryl methyl sites for hydroxylation is 2. The number of H-pyrrole nitrogens is 1. The molecule has 0 radical (unpaired) electrons. The fourth-order valence-electron chi connectivity index (χ4n) is 3.64. The summed E-state index contributed by atoms with van der Waals surface area (Å²) in [7, 11) is 0. The Morgan fingerprint density at radius 1 is 1.09 bits per heavy atom. The van der Waals surface area contributed by atoms with E-state index >= 15 is 0 Å². The van der Waals surface area contributed by atoms with Crippen molar-refractivity contribution in [2.75, 3.05) is 0 Å². The molecule has 8 nitrogen and oxygen atoms in total. The number of benzene rings is 2. The number of rotatable bonds is 3. The molecule has 0 saturated carbocycles. The number of nitriles is 1. The van der Waals surface area contributed by atoms with Gasteiger partial charge in [-0.05, 0) is 37.1 Å². The van der Waals surface area contributed by atoms with Crippen LogP contribution in [-0.2, 0) is 6.54 Å². The van der Waals surface area contributed by atoms with Gasteiger partial charge in [0.15, 0.2) is 5.65 Å². The summed E-state index contributed by atoms with van der Waals surface area (Å²) in [6, 6.07) is 13.7. The standard InChI is InChI=1S/C22H17N7O.C2H6/c1-13-3-5-15(6-4-13)11-28-20-18(26-22(28)30)10-24-21(27-20)29-12-25-17-8-16(9-23)7-14(2)19(17)29;1-2/h3-8,10,12H,11H2,1-2H3,(H,26,30);1-2H3. The average Bonchev–Trinajstić information content (AvgIpc) is 3.37. The summed E-state index contributed by atoms with van der Waals surface area (Å²) in [5.74, 6) is 0.412. The van der Waals surface area contributed by atoms with Crippen molar-refractivity contribution in [3.05, 3.63) is 81.7 Å². The molecule has 0 amide bonds. The minimum Gasteiger partial charge on any atom is -0.303 e. The molecule has 1 N–H and O–H groups in total. The van der Waals surface area contributed by atoms with Crippen molar-refractivity contribution < 1.29 is 0 Å². The number of aromatic nitrogens is 6. The van der Waals surface area contributed by atoms with Crippen LogP contribution in [0.1, 0.15) is 36.1 Å². The minimum absolute atomic E-state index is 0.234. The van der Waals surface area contributed by atoms with Gasteiger partial charge in [-0.1, -0.05) is 43.7 Å². The SMILES string of the molecule is CC.Cc1ccc(Cn2c(=O)[nH]c3cnc(-n4cnc5cc(C#N)cc(C)c54)nc32)cc1. The number of aromatic amines is 1. The summed E-state index contributed by atoms with van der Waals surface area (Å²) in [5, 5.41) is 9.19. The maximum atomic E-state index is 12.5. The number of hydrogen-bond donors (Lipinski definition) is 1. The van der Waals surface area contributed by atoms with Gasteiger partial charge >= 0.3 is 5.69 Å². The predicted molar refractivity (Wildman–Crippen MR) is 124 cm³/mol. The lowest BCUT2D eigenvalue weighted by molar-refractivity contribution is 0.774. The molecule has 0 bridgehead atoms. The molecule has 0 aliphatic carbocycles. The molecule has 0 unspecified atom stereocenters. The Morgan fingerprint density at radius 3 is 2.56 bits per heavy atom. The van der Waals surface area contributed by atoms with E-state index in [0.29, 0.717) is 34.7 Å². The van der Waals surface area contributed by atoms with E-state index in [0.717, 1.165) is 22.2 Å². The zero-order chi connectivity index (χ0) is 22.8. The molecule has 3 heterocycles. The smallest absolute Gasteiger partial charge is 0.303 e. The molecule has 32 heavy (non-hydrogen) atoms. The maximum Gasteiger partial charge on any atom is 0.328 e. The van der Waals surface area contributed by atoms with Crippen LogP contribution in [0.15, 0.2) is 53.7 Å². The van der Waals surface area contributed by atoms with Gasteiger partial charge in [-0.3, -0.25) is 9.13 Å². The van der Waals surface area contributed by atoms with E-state index in [1.54, 1.807) is 27.7 Å². The molecule has 0 saturated heterocycles. The van der Waals surface area contributed by atoms with Crippen LogP contribution in [0.2, 0.25) is 0 Å². The molecule has 8 heteroatoms. The zero-order valence-corrected chi connectivity index (χ0v) is 18.4. The molecule has 160 valence electrons. The topological polar surface area (TPSA) is 105 Å². The lowest BCUT2D eigenvalue weighted by Crippen LogP contribution is -2.18. The molecule has 0 aliphatic heterocycles. The third kappa shape index (κ3) is 3.65. The van der Waals surface area contributed by atoms with E-state index in [2.05, 4.69) is 26.0 Å². The molecule has 2 aromatic carbocycles. The van der Waals surface area contributed by atoms with E-state index in [1.807, 2.05) is 58.0 Å². The first kappa shape index (κ1) is 21.0. The molecular weight excluding hydrogens is 402 g/mol. The Kier molecular flexibility index (Phi) is 5.56. The van der Waals surface area contributed by atoms with Crippen LogP contribution in [0.3, 0.4) is 0 Å².